The molecule has 0 unspecified atom stereocenters. The lowest BCUT2D eigenvalue weighted by molar-refractivity contribution is 0.0955. The first-order chi connectivity index (χ1) is 16.1. The Morgan fingerprint density at radius 2 is 1.55 bits per heavy atom. The Labute approximate surface area is 191 Å². The average Bonchev–Trinajstić information content (AvgIpc) is 2.85. The van der Waals surface area contributed by atoms with Gasteiger partial charge in [0.1, 0.15) is 0 Å². The first-order valence-corrected chi connectivity index (χ1v) is 10.8. The van der Waals surface area contributed by atoms with Crippen molar-refractivity contribution in [1.82, 2.24) is 10.3 Å². The first kappa shape index (κ1) is 20.5. The molecule has 0 spiro atoms. The molecule has 1 heterocycles. The highest BCUT2D eigenvalue weighted by atomic mass is 16.3. The fourth-order valence-corrected chi connectivity index (χ4v) is 4.09. The van der Waals surface area contributed by atoms with Crippen LogP contribution in [0.15, 0.2) is 91.0 Å². The molecule has 0 fully saturated rings. The summed E-state index contributed by atoms with van der Waals surface area (Å²) in [6.45, 7) is 0.392. The van der Waals surface area contributed by atoms with Crippen molar-refractivity contribution < 1.29 is 15.0 Å². The first-order valence-electron chi connectivity index (χ1n) is 10.8. The minimum atomic E-state index is -0.182. The lowest BCUT2D eigenvalue weighted by Crippen LogP contribution is -2.26. The number of amides is 1. The molecule has 5 aromatic rings. The largest absolute Gasteiger partial charge is 0.504 e. The molecular weight excluding hydrogens is 412 g/mol. The molecule has 5 heteroatoms. The van der Waals surface area contributed by atoms with Gasteiger partial charge in [0.25, 0.3) is 5.91 Å². The van der Waals surface area contributed by atoms with Gasteiger partial charge in [-0.15, -0.1) is 0 Å². The van der Waals surface area contributed by atoms with Crippen LogP contribution < -0.4 is 5.32 Å². The van der Waals surface area contributed by atoms with Crippen molar-refractivity contribution in [3.8, 4) is 22.8 Å². The van der Waals surface area contributed by atoms with E-state index < -0.39 is 0 Å². The van der Waals surface area contributed by atoms with Crippen molar-refractivity contribution in [3.05, 3.63) is 102 Å². The highest BCUT2D eigenvalue weighted by Gasteiger charge is 2.15. The second kappa shape index (κ2) is 8.63. The topological polar surface area (TPSA) is 82.5 Å². The van der Waals surface area contributed by atoms with Crippen LogP contribution in [0.1, 0.15) is 15.9 Å². The Hall–Kier alpha value is -4.38. The second-order valence-electron chi connectivity index (χ2n) is 7.93. The fourth-order valence-electron chi connectivity index (χ4n) is 4.09. The summed E-state index contributed by atoms with van der Waals surface area (Å²) in [7, 11) is 0. The summed E-state index contributed by atoms with van der Waals surface area (Å²) in [6.07, 6.45) is 0.527. The van der Waals surface area contributed by atoms with E-state index in [9.17, 15) is 15.0 Å². The number of phenolic OH excluding ortho intramolecular Hbond substituents is 2. The van der Waals surface area contributed by atoms with E-state index in [1.807, 2.05) is 54.6 Å². The number of carbonyl (C=O) groups is 1. The summed E-state index contributed by atoms with van der Waals surface area (Å²) in [4.78, 5) is 18.0. The molecule has 1 aromatic heterocycles. The number of rotatable bonds is 5. The standard InChI is InChI=1S/C28H22N2O3/c31-26-13-12-18(16-27(26)32)14-15-29-28(33)23-17-25(30-24-11-4-3-9-22(23)24)21-10-5-7-19-6-1-2-8-20(19)21/h1-13,16-17,31-32H,14-15H2,(H,29,33). The smallest absolute Gasteiger partial charge is 0.252 e. The number of fused-ring (bicyclic) bond motifs is 2. The average molecular weight is 434 g/mol. The van der Waals surface area contributed by atoms with Crippen molar-refractivity contribution in [1.29, 1.82) is 0 Å². The molecule has 4 aromatic carbocycles. The van der Waals surface area contributed by atoms with E-state index in [-0.39, 0.29) is 17.4 Å². The van der Waals surface area contributed by atoms with Gasteiger partial charge < -0.3 is 15.5 Å². The number of phenols is 2. The SMILES string of the molecule is O=C(NCCc1ccc(O)c(O)c1)c1cc(-c2cccc3ccccc23)nc2ccccc12. The summed E-state index contributed by atoms with van der Waals surface area (Å²) in [5.41, 5.74) is 3.88. The number of para-hydroxylation sites is 1. The zero-order valence-electron chi connectivity index (χ0n) is 17.8. The number of hydrogen-bond acceptors (Lipinski definition) is 4. The molecule has 5 rings (SSSR count). The number of aromatic hydroxyl groups is 2. The van der Waals surface area contributed by atoms with Crippen LogP contribution in [0.25, 0.3) is 32.9 Å². The summed E-state index contributed by atoms with van der Waals surface area (Å²) < 4.78 is 0. The molecule has 0 aliphatic heterocycles. The van der Waals surface area contributed by atoms with Gasteiger partial charge in [0.05, 0.1) is 16.8 Å². The van der Waals surface area contributed by atoms with Crippen LogP contribution >= 0.6 is 0 Å². The van der Waals surface area contributed by atoms with Crippen molar-refractivity contribution in [2.75, 3.05) is 6.54 Å². The van der Waals surface area contributed by atoms with Gasteiger partial charge in [0, 0.05) is 17.5 Å². The van der Waals surface area contributed by atoms with Gasteiger partial charge in [0.2, 0.25) is 0 Å². The van der Waals surface area contributed by atoms with E-state index in [4.69, 9.17) is 4.98 Å². The van der Waals surface area contributed by atoms with Crippen LogP contribution in [0.5, 0.6) is 11.5 Å². The molecule has 0 radical (unpaired) electrons. The van der Waals surface area contributed by atoms with Gasteiger partial charge in [-0.3, -0.25) is 4.79 Å². The Kier molecular flexibility index (Phi) is 5.37. The molecular formula is C28H22N2O3. The summed E-state index contributed by atoms with van der Waals surface area (Å²) in [5, 5.41) is 25.1. The Bertz CT molecular complexity index is 1490. The number of benzene rings is 4. The van der Waals surface area contributed by atoms with E-state index in [1.165, 1.54) is 12.1 Å². The molecule has 0 aliphatic carbocycles. The quantitative estimate of drug-likeness (QED) is 0.322. The number of hydrogen-bond donors (Lipinski definition) is 3. The van der Waals surface area contributed by atoms with Gasteiger partial charge >= 0.3 is 0 Å². The summed E-state index contributed by atoms with van der Waals surface area (Å²) in [5.74, 6) is -0.510. The predicted octanol–water partition coefficient (Wildman–Crippen LogP) is 5.44. The van der Waals surface area contributed by atoms with E-state index in [1.54, 1.807) is 6.07 Å². The number of carbonyl (C=O) groups excluding carboxylic acids is 1. The van der Waals surface area contributed by atoms with Crippen LogP contribution in [0, 0.1) is 0 Å². The highest BCUT2D eigenvalue weighted by molar-refractivity contribution is 6.08. The van der Waals surface area contributed by atoms with Crippen molar-refractivity contribution >= 4 is 27.6 Å². The van der Waals surface area contributed by atoms with Gasteiger partial charge in [-0.2, -0.15) is 0 Å². The molecule has 162 valence electrons. The number of pyridine rings is 1. The predicted molar refractivity (Wildman–Crippen MR) is 130 cm³/mol. The third-order valence-corrected chi connectivity index (χ3v) is 5.77. The lowest BCUT2D eigenvalue weighted by atomic mass is 9.99. The maximum atomic E-state index is 13.2. The highest BCUT2D eigenvalue weighted by Crippen LogP contribution is 2.30. The summed E-state index contributed by atoms with van der Waals surface area (Å²) >= 11 is 0. The van der Waals surface area contributed by atoms with E-state index in [0.29, 0.717) is 18.5 Å². The third kappa shape index (κ3) is 4.08. The Balaban J connectivity index is 1.48. The Morgan fingerprint density at radius 3 is 2.39 bits per heavy atom. The van der Waals surface area contributed by atoms with Gasteiger partial charge in [-0.1, -0.05) is 66.7 Å². The number of aromatic nitrogens is 1. The van der Waals surface area contributed by atoms with Crippen LogP contribution in [0.3, 0.4) is 0 Å². The van der Waals surface area contributed by atoms with Gasteiger partial charge in [-0.05, 0) is 47.0 Å². The van der Waals surface area contributed by atoms with E-state index in [0.717, 1.165) is 38.5 Å². The zero-order chi connectivity index (χ0) is 22.8. The lowest BCUT2D eigenvalue weighted by Gasteiger charge is -2.12. The Morgan fingerprint density at radius 1 is 0.788 bits per heavy atom. The van der Waals surface area contributed by atoms with Gasteiger partial charge in [-0.25, -0.2) is 4.98 Å². The minimum absolute atomic E-state index is 0.160. The molecule has 0 aliphatic rings. The fraction of sp³-hybridized carbons (Fsp3) is 0.0714. The molecule has 0 saturated carbocycles. The van der Waals surface area contributed by atoms with Crippen LogP contribution in [0.4, 0.5) is 0 Å². The minimum Gasteiger partial charge on any atom is -0.504 e. The van der Waals surface area contributed by atoms with Crippen LogP contribution in [0.2, 0.25) is 0 Å². The van der Waals surface area contributed by atoms with E-state index >= 15 is 0 Å². The normalized spacial score (nSPS) is 11.0. The molecule has 0 atom stereocenters. The van der Waals surface area contributed by atoms with Crippen molar-refractivity contribution in [2.24, 2.45) is 0 Å². The van der Waals surface area contributed by atoms with Crippen molar-refractivity contribution in [2.45, 2.75) is 6.42 Å². The van der Waals surface area contributed by atoms with Crippen LogP contribution in [-0.2, 0) is 6.42 Å². The monoisotopic (exact) mass is 434 g/mol. The molecule has 1 amide bonds. The van der Waals surface area contributed by atoms with Crippen molar-refractivity contribution in [3.63, 3.8) is 0 Å². The number of nitrogens with one attached hydrogen (secondary N) is 1. The van der Waals surface area contributed by atoms with E-state index in [2.05, 4.69) is 23.5 Å². The molecule has 33 heavy (non-hydrogen) atoms. The molecule has 0 saturated heterocycles. The molecule has 3 N–H and O–H groups in total. The van der Waals surface area contributed by atoms with Crippen LogP contribution in [-0.4, -0.2) is 27.6 Å². The second-order valence-corrected chi connectivity index (χ2v) is 7.93. The maximum Gasteiger partial charge on any atom is 0.252 e. The molecule has 0 bridgehead atoms. The third-order valence-electron chi connectivity index (χ3n) is 5.77. The van der Waals surface area contributed by atoms with Gasteiger partial charge in [0.15, 0.2) is 11.5 Å². The molecule has 5 nitrogen and oxygen atoms in total. The number of nitrogens with zero attached hydrogens (tertiary/aromatic N) is 1. The maximum absolute atomic E-state index is 13.2. The zero-order valence-corrected chi connectivity index (χ0v) is 17.8. The summed E-state index contributed by atoms with van der Waals surface area (Å²) in [6, 6.07) is 28.4.